The quantitative estimate of drug-likeness (QED) is 0.846. The van der Waals surface area contributed by atoms with Crippen molar-refractivity contribution in [2.24, 2.45) is 0 Å². The molecule has 1 heterocycles. The molecule has 0 radical (unpaired) electrons. The summed E-state index contributed by atoms with van der Waals surface area (Å²) < 4.78 is 5.38. The summed E-state index contributed by atoms with van der Waals surface area (Å²) in [4.78, 5) is 6.63. The molecule has 1 N–H and O–H groups in total. The Balaban J connectivity index is 1.72. The van der Waals surface area contributed by atoms with E-state index < -0.39 is 0 Å². The van der Waals surface area contributed by atoms with E-state index in [9.17, 15) is 0 Å². The van der Waals surface area contributed by atoms with Crippen molar-refractivity contribution in [1.29, 1.82) is 0 Å². The maximum Gasteiger partial charge on any atom is 0.174 e. The second kappa shape index (κ2) is 6.96. The Hall–Kier alpha value is -2.14. The van der Waals surface area contributed by atoms with Gasteiger partial charge in [-0.2, -0.15) is 0 Å². The van der Waals surface area contributed by atoms with Crippen LogP contribution in [-0.4, -0.2) is 28.1 Å². The molecule has 23 heavy (non-hydrogen) atoms. The lowest BCUT2D eigenvalue weighted by atomic mass is 10.2. The van der Waals surface area contributed by atoms with Crippen molar-refractivity contribution in [1.82, 2.24) is 9.88 Å². The molecule has 0 aliphatic heterocycles. The number of pyridine rings is 1. The van der Waals surface area contributed by atoms with Crippen LogP contribution in [0.4, 0.5) is 5.69 Å². The largest absolute Gasteiger partial charge is 0.496 e. The van der Waals surface area contributed by atoms with E-state index in [1.165, 1.54) is 12.8 Å². The van der Waals surface area contributed by atoms with Gasteiger partial charge in [-0.3, -0.25) is 4.98 Å². The van der Waals surface area contributed by atoms with Crippen LogP contribution in [0, 0.1) is 6.92 Å². The van der Waals surface area contributed by atoms with Crippen LogP contribution in [-0.2, 0) is 6.54 Å². The van der Waals surface area contributed by atoms with E-state index >= 15 is 0 Å². The van der Waals surface area contributed by atoms with Gasteiger partial charge in [-0.1, -0.05) is 12.1 Å². The molecule has 1 aromatic heterocycles. The molecule has 3 rings (SSSR count). The van der Waals surface area contributed by atoms with E-state index in [1.54, 1.807) is 7.11 Å². The summed E-state index contributed by atoms with van der Waals surface area (Å²) in [6.07, 6.45) is 4.19. The molecule has 0 bridgehead atoms. The number of hydrogen-bond acceptors (Lipinski definition) is 3. The Morgan fingerprint density at radius 3 is 2.83 bits per heavy atom. The molecule has 5 heteroatoms. The summed E-state index contributed by atoms with van der Waals surface area (Å²) in [6.45, 7) is 2.76. The smallest absolute Gasteiger partial charge is 0.174 e. The highest BCUT2D eigenvalue weighted by Gasteiger charge is 2.31. The molecular formula is C18H21N3OS. The first-order valence-electron chi connectivity index (χ1n) is 7.79. The number of ether oxygens (including phenoxy) is 1. The van der Waals surface area contributed by atoms with Gasteiger partial charge in [0.2, 0.25) is 0 Å². The number of thiocarbonyl (C=S) groups is 1. The van der Waals surface area contributed by atoms with Gasteiger partial charge >= 0.3 is 0 Å². The van der Waals surface area contributed by atoms with E-state index in [4.69, 9.17) is 17.0 Å². The van der Waals surface area contributed by atoms with Crippen molar-refractivity contribution in [3.05, 3.63) is 53.9 Å². The lowest BCUT2D eigenvalue weighted by Gasteiger charge is -2.25. The van der Waals surface area contributed by atoms with Crippen LogP contribution in [0.3, 0.4) is 0 Å². The molecule has 2 aromatic rings. The van der Waals surface area contributed by atoms with Crippen LogP contribution in [0.25, 0.3) is 0 Å². The third-order valence-corrected chi connectivity index (χ3v) is 4.30. The van der Waals surface area contributed by atoms with E-state index in [0.717, 1.165) is 34.4 Å². The molecule has 1 aliphatic carbocycles. The number of benzene rings is 1. The first kappa shape index (κ1) is 15.7. The molecule has 4 nitrogen and oxygen atoms in total. The van der Waals surface area contributed by atoms with Crippen LogP contribution >= 0.6 is 12.2 Å². The molecule has 1 aliphatic rings. The number of aryl methyl sites for hydroxylation is 1. The van der Waals surface area contributed by atoms with Crippen LogP contribution in [0.2, 0.25) is 0 Å². The van der Waals surface area contributed by atoms with Crippen molar-refractivity contribution >= 4 is 23.0 Å². The van der Waals surface area contributed by atoms with Crippen LogP contribution < -0.4 is 10.1 Å². The van der Waals surface area contributed by atoms with Crippen molar-refractivity contribution in [3.63, 3.8) is 0 Å². The van der Waals surface area contributed by atoms with Crippen molar-refractivity contribution in [2.75, 3.05) is 12.4 Å². The number of aromatic nitrogens is 1. The third-order valence-electron chi connectivity index (χ3n) is 3.97. The van der Waals surface area contributed by atoms with Crippen molar-refractivity contribution in [2.45, 2.75) is 32.4 Å². The van der Waals surface area contributed by atoms with Crippen LogP contribution in [0.15, 0.2) is 42.6 Å². The lowest BCUT2D eigenvalue weighted by molar-refractivity contribution is 0.403. The SMILES string of the molecule is COc1cc(NC(=S)N(Cc2ccccn2)C2CC2)ccc1C. The van der Waals surface area contributed by atoms with Gasteiger partial charge < -0.3 is 15.0 Å². The normalized spacial score (nSPS) is 13.5. The second-order valence-corrected chi connectivity index (χ2v) is 6.18. The summed E-state index contributed by atoms with van der Waals surface area (Å²) >= 11 is 5.63. The minimum atomic E-state index is 0.518. The van der Waals surface area contributed by atoms with Gasteiger partial charge in [0.25, 0.3) is 0 Å². The predicted molar refractivity (Wildman–Crippen MR) is 96.8 cm³/mol. The Labute approximate surface area is 142 Å². The molecular weight excluding hydrogens is 306 g/mol. The highest BCUT2D eigenvalue weighted by Crippen LogP contribution is 2.29. The minimum absolute atomic E-state index is 0.518. The predicted octanol–water partition coefficient (Wildman–Crippen LogP) is 3.76. The van der Waals surface area contributed by atoms with Gasteiger partial charge in [0.15, 0.2) is 5.11 Å². The summed E-state index contributed by atoms with van der Waals surface area (Å²) in [5.41, 5.74) is 3.09. The van der Waals surface area contributed by atoms with Gasteiger partial charge in [0.05, 0.1) is 19.3 Å². The fourth-order valence-electron chi connectivity index (χ4n) is 2.51. The zero-order valence-electron chi connectivity index (χ0n) is 13.5. The van der Waals surface area contributed by atoms with Gasteiger partial charge in [-0.25, -0.2) is 0 Å². The topological polar surface area (TPSA) is 37.4 Å². The third kappa shape index (κ3) is 3.99. The molecule has 0 amide bonds. The Bertz CT molecular complexity index is 686. The van der Waals surface area contributed by atoms with E-state index in [2.05, 4.69) is 15.2 Å². The standard InChI is InChI=1S/C18H21N3OS/c1-13-6-7-14(11-17(13)22-2)20-18(23)21(16-8-9-16)12-15-5-3-4-10-19-15/h3-7,10-11,16H,8-9,12H2,1-2H3,(H,20,23). The number of nitrogens with one attached hydrogen (secondary N) is 1. The van der Waals surface area contributed by atoms with E-state index in [0.29, 0.717) is 6.04 Å². The Morgan fingerprint density at radius 1 is 1.35 bits per heavy atom. The highest BCUT2D eigenvalue weighted by atomic mass is 32.1. The molecule has 1 saturated carbocycles. The summed E-state index contributed by atoms with van der Waals surface area (Å²) in [5.74, 6) is 0.862. The number of rotatable bonds is 5. The molecule has 0 atom stereocenters. The molecule has 1 aromatic carbocycles. The van der Waals surface area contributed by atoms with Gasteiger partial charge in [-0.15, -0.1) is 0 Å². The Kier molecular flexibility index (Phi) is 4.76. The molecule has 0 saturated heterocycles. The lowest BCUT2D eigenvalue weighted by Crippen LogP contribution is -2.36. The van der Waals surface area contributed by atoms with Gasteiger partial charge in [-0.05, 0) is 55.7 Å². The van der Waals surface area contributed by atoms with Crippen molar-refractivity contribution in [3.8, 4) is 5.75 Å². The summed E-state index contributed by atoms with van der Waals surface area (Å²) in [6, 6.07) is 12.5. The van der Waals surface area contributed by atoms with E-state index in [-0.39, 0.29) is 0 Å². The highest BCUT2D eigenvalue weighted by molar-refractivity contribution is 7.80. The molecule has 1 fully saturated rings. The van der Waals surface area contributed by atoms with Crippen LogP contribution in [0.1, 0.15) is 24.1 Å². The van der Waals surface area contributed by atoms with Crippen LogP contribution in [0.5, 0.6) is 5.75 Å². The number of anilines is 1. The zero-order chi connectivity index (χ0) is 16.2. The molecule has 0 spiro atoms. The van der Waals surface area contributed by atoms with Crippen molar-refractivity contribution < 1.29 is 4.74 Å². The fourth-order valence-corrected chi connectivity index (χ4v) is 2.84. The minimum Gasteiger partial charge on any atom is -0.496 e. The average Bonchev–Trinajstić information content (AvgIpc) is 3.40. The molecule has 0 unspecified atom stereocenters. The fraction of sp³-hybridized carbons (Fsp3) is 0.333. The number of nitrogens with zero attached hydrogens (tertiary/aromatic N) is 2. The summed E-state index contributed by atoms with van der Waals surface area (Å²) in [5, 5.41) is 4.07. The first-order chi connectivity index (χ1) is 11.2. The van der Waals surface area contributed by atoms with Gasteiger partial charge in [0.1, 0.15) is 5.75 Å². The monoisotopic (exact) mass is 327 g/mol. The summed E-state index contributed by atoms with van der Waals surface area (Å²) in [7, 11) is 1.68. The average molecular weight is 327 g/mol. The number of methoxy groups -OCH3 is 1. The number of hydrogen-bond donors (Lipinski definition) is 1. The zero-order valence-corrected chi connectivity index (χ0v) is 14.3. The van der Waals surface area contributed by atoms with E-state index in [1.807, 2.05) is 49.5 Å². The molecule has 120 valence electrons. The Morgan fingerprint density at radius 2 is 2.17 bits per heavy atom. The maximum atomic E-state index is 5.63. The van der Waals surface area contributed by atoms with Gasteiger partial charge in [0, 0.05) is 24.0 Å². The first-order valence-corrected chi connectivity index (χ1v) is 8.20. The maximum absolute atomic E-state index is 5.63. The second-order valence-electron chi connectivity index (χ2n) is 5.79.